The predicted molar refractivity (Wildman–Crippen MR) is 58.2 cm³/mol. The van der Waals surface area contributed by atoms with E-state index in [4.69, 9.17) is 5.73 Å². The number of hydrogen-bond acceptors (Lipinski definition) is 2. The number of para-hydroxylation sites is 1. The number of benzene rings is 1. The van der Waals surface area contributed by atoms with Crippen LogP contribution < -0.4 is 5.73 Å². The highest BCUT2D eigenvalue weighted by atomic mass is 16.3. The van der Waals surface area contributed by atoms with Crippen molar-refractivity contribution < 1.29 is 5.11 Å². The van der Waals surface area contributed by atoms with E-state index in [1.54, 1.807) is 6.07 Å². The van der Waals surface area contributed by atoms with E-state index in [1.165, 1.54) is 25.7 Å². The van der Waals surface area contributed by atoms with Gasteiger partial charge in [0.05, 0.1) is 5.69 Å². The standard InChI is InChI=1S/C12H17NO/c13-12-10(6-3-7-11(12)14)8-9-4-1-2-5-9/h3,6-7,9,14H,1-2,4-5,8,13H2. The molecule has 0 bridgehead atoms. The Bertz CT molecular complexity index is 316. The minimum Gasteiger partial charge on any atom is -0.506 e. The number of hydrogen-bond donors (Lipinski definition) is 2. The zero-order chi connectivity index (χ0) is 9.97. The van der Waals surface area contributed by atoms with Gasteiger partial charge in [-0.05, 0) is 24.0 Å². The monoisotopic (exact) mass is 191 g/mol. The van der Waals surface area contributed by atoms with E-state index in [0.29, 0.717) is 5.69 Å². The van der Waals surface area contributed by atoms with Gasteiger partial charge in [-0.2, -0.15) is 0 Å². The van der Waals surface area contributed by atoms with Crippen molar-refractivity contribution in [3.8, 4) is 5.75 Å². The lowest BCUT2D eigenvalue weighted by Crippen LogP contribution is -2.02. The molecule has 3 N–H and O–H groups in total. The Morgan fingerprint density at radius 2 is 2.00 bits per heavy atom. The lowest BCUT2D eigenvalue weighted by atomic mass is 9.97. The first-order chi connectivity index (χ1) is 6.77. The van der Waals surface area contributed by atoms with Crippen LogP contribution in [0.2, 0.25) is 0 Å². The normalized spacial score (nSPS) is 17.4. The van der Waals surface area contributed by atoms with Gasteiger partial charge in [0, 0.05) is 0 Å². The van der Waals surface area contributed by atoms with Crippen LogP contribution in [-0.4, -0.2) is 5.11 Å². The summed E-state index contributed by atoms with van der Waals surface area (Å²) < 4.78 is 0. The van der Waals surface area contributed by atoms with E-state index in [9.17, 15) is 5.11 Å². The molecule has 2 rings (SSSR count). The van der Waals surface area contributed by atoms with Crippen LogP contribution in [0.5, 0.6) is 5.75 Å². The summed E-state index contributed by atoms with van der Waals surface area (Å²) in [7, 11) is 0. The van der Waals surface area contributed by atoms with Crippen molar-refractivity contribution in [3.63, 3.8) is 0 Å². The first-order valence-corrected chi connectivity index (χ1v) is 5.33. The molecule has 1 aromatic rings. The van der Waals surface area contributed by atoms with E-state index in [-0.39, 0.29) is 5.75 Å². The van der Waals surface area contributed by atoms with E-state index in [2.05, 4.69) is 0 Å². The molecule has 0 aliphatic heterocycles. The maximum atomic E-state index is 9.45. The van der Waals surface area contributed by atoms with Crippen LogP contribution in [0.1, 0.15) is 31.2 Å². The van der Waals surface area contributed by atoms with Crippen molar-refractivity contribution in [1.82, 2.24) is 0 Å². The van der Waals surface area contributed by atoms with Crippen LogP contribution in [0.15, 0.2) is 18.2 Å². The number of anilines is 1. The third-order valence-electron chi connectivity index (χ3n) is 3.16. The maximum absolute atomic E-state index is 9.45. The molecule has 76 valence electrons. The summed E-state index contributed by atoms with van der Waals surface area (Å²) in [6.45, 7) is 0. The molecule has 0 spiro atoms. The summed E-state index contributed by atoms with van der Waals surface area (Å²) in [5.74, 6) is 1.000. The molecule has 1 fully saturated rings. The van der Waals surface area contributed by atoms with Crippen molar-refractivity contribution in [2.75, 3.05) is 5.73 Å². The topological polar surface area (TPSA) is 46.2 Å². The fourth-order valence-corrected chi connectivity index (χ4v) is 2.30. The van der Waals surface area contributed by atoms with Gasteiger partial charge in [0.2, 0.25) is 0 Å². The molecule has 0 heterocycles. The van der Waals surface area contributed by atoms with Crippen LogP contribution in [0.4, 0.5) is 5.69 Å². The van der Waals surface area contributed by atoms with Crippen molar-refractivity contribution in [3.05, 3.63) is 23.8 Å². The quantitative estimate of drug-likeness (QED) is 0.557. The van der Waals surface area contributed by atoms with E-state index < -0.39 is 0 Å². The maximum Gasteiger partial charge on any atom is 0.138 e. The number of phenolic OH excluding ortho intramolecular Hbond substituents is 1. The number of nitrogen functional groups attached to an aromatic ring is 1. The zero-order valence-corrected chi connectivity index (χ0v) is 8.37. The van der Waals surface area contributed by atoms with Gasteiger partial charge in [-0.25, -0.2) is 0 Å². The second-order valence-electron chi connectivity index (χ2n) is 4.20. The van der Waals surface area contributed by atoms with Crippen LogP contribution >= 0.6 is 0 Å². The third kappa shape index (κ3) is 1.84. The Hall–Kier alpha value is -1.18. The summed E-state index contributed by atoms with van der Waals surface area (Å²) in [5.41, 5.74) is 7.49. The molecule has 1 saturated carbocycles. The summed E-state index contributed by atoms with van der Waals surface area (Å²) in [5, 5.41) is 9.45. The zero-order valence-electron chi connectivity index (χ0n) is 8.37. The molecule has 14 heavy (non-hydrogen) atoms. The first kappa shape index (κ1) is 9.38. The van der Waals surface area contributed by atoms with Gasteiger partial charge in [-0.15, -0.1) is 0 Å². The number of nitrogens with two attached hydrogens (primary N) is 1. The molecular weight excluding hydrogens is 174 g/mol. The summed E-state index contributed by atoms with van der Waals surface area (Å²) in [6, 6.07) is 5.54. The molecule has 0 radical (unpaired) electrons. The number of phenols is 1. The Morgan fingerprint density at radius 1 is 1.29 bits per heavy atom. The highest BCUT2D eigenvalue weighted by Gasteiger charge is 2.16. The van der Waals surface area contributed by atoms with E-state index in [0.717, 1.165) is 17.9 Å². The van der Waals surface area contributed by atoms with Gasteiger partial charge in [0.1, 0.15) is 5.75 Å². The van der Waals surface area contributed by atoms with Gasteiger partial charge in [0.15, 0.2) is 0 Å². The molecule has 2 nitrogen and oxygen atoms in total. The Morgan fingerprint density at radius 3 is 2.71 bits per heavy atom. The van der Waals surface area contributed by atoms with Crippen molar-refractivity contribution in [2.45, 2.75) is 32.1 Å². The first-order valence-electron chi connectivity index (χ1n) is 5.33. The molecule has 1 aromatic carbocycles. The Balaban J connectivity index is 2.11. The largest absolute Gasteiger partial charge is 0.506 e. The van der Waals surface area contributed by atoms with Crippen LogP contribution in [0.3, 0.4) is 0 Å². The molecule has 0 aromatic heterocycles. The van der Waals surface area contributed by atoms with Crippen LogP contribution in [0, 0.1) is 5.92 Å². The molecule has 0 amide bonds. The van der Waals surface area contributed by atoms with Gasteiger partial charge >= 0.3 is 0 Å². The molecule has 2 heteroatoms. The minimum atomic E-state index is 0.223. The summed E-state index contributed by atoms with van der Waals surface area (Å²) >= 11 is 0. The number of aromatic hydroxyl groups is 1. The molecule has 0 unspecified atom stereocenters. The third-order valence-corrected chi connectivity index (χ3v) is 3.16. The second kappa shape index (κ2) is 3.91. The average molecular weight is 191 g/mol. The molecule has 0 saturated heterocycles. The SMILES string of the molecule is Nc1c(O)cccc1CC1CCCC1. The fourth-order valence-electron chi connectivity index (χ4n) is 2.30. The Labute approximate surface area is 84.7 Å². The van der Waals surface area contributed by atoms with Crippen molar-refractivity contribution in [2.24, 2.45) is 5.92 Å². The summed E-state index contributed by atoms with van der Waals surface area (Å²) in [4.78, 5) is 0. The second-order valence-corrected chi connectivity index (χ2v) is 4.20. The lowest BCUT2D eigenvalue weighted by Gasteiger charge is -2.11. The minimum absolute atomic E-state index is 0.223. The van der Waals surface area contributed by atoms with Crippen LogP contribution in [0.25, 0.3) is 0 Å². The van der Waals surface area contributed by atoms with Gasteiger partial charge < -0.3 is 10.8 Å². The Kier molecular flexibility index (Phi) is 2.62. The summed E-state index contributed by atoms with van der Waals surface area (Å²) in [6.07, 6.45) is 6.36. The van der Waals surface area contributed by atoms with Crippen molar-refractivity contribution in [1.29, 1.82) is 0 Å². The average Bonchev–Trinajstić information content (AvgIpc) is 2.66. The smallest absolute Gasteiger partial charge is 0.138 e. The van der Waals surface area contributed by atoms with Gasteiger partial charge in [-0.3, -0.25) is 0 Å². The highest BCUT2D eigenvalue weighted by Crippen LogP contribution is 2.32. The number of rotatable bonds is 2. The highest BCUT2D eigenvalue weighted by molar-refractivity contribution is 5.57. The molecule has 1 aliphatic rings. The van der Waals surface area contributed by atoms with E-state index >= 15 is 0 Å². The van der Waals surface area contributed by atoms with Crippen molar-refractivity contribution >= 4 is 5.69 Å². The fraction of sp³-hybridized carbons (Fsp3) is 0.500. The van der Waals surface area contributed by atoms with E-state index in [1.807, 2.05) is 12.1 Å². The predicted octanol–water partition coefficient (Wildman–Crippen LogP) is 2.71. The van der Waals surface area contributed by atoms with Crippen LogP contribution in [-0.2, 0) is 6.42 Å². The van der Waals surface area contributed by atoms with Gasteiger partial charge in [0.25, 0.3) is 0 Å². The van der Waals surface area contributed by atoms with Gasteiger partial charge in [-0.1, -0.05) is 37.8 Å². The molecule has 1 aliphatic carbocycles. The molecular formula is C12H17NO. The molecule has 0 atom stereocenters. The lowest BCUT2D eigenvalue weighted by molar-refractivity contribution is 0.475.